The Kier molecular flexibility index (Phi) is 32.4. The van der Waals surface area contributed by atoms with Crippen molar-refractivity contribution in [2.45, 2.75) is 135 Å². The first-order valence-electron chi connectivity index (χ1n) is 18.9. The molecule has 4 N–H and O–H groups in total. The van der Waals surface area contributed by atoms with Crippen molar-refractivity contribution in [1.82, 2.24) is 0 Å². The molecule has 52 heavy (non-hydrogen) atoms. The number of phosphoric acid groups is 1. The largest absolute Gasteiger partial charge is 0.472 e. The van der Waals surface area contributed by atoms with Crippen molar-refractivity contribution < 1.29 is 52.9 Å². The molecule has 0 saturated heterocycles. The molecule has 0 aromatic rings. The highest BCUT2D eigenvalue weighted by atomic mass is 31.2. The molecule has 0 aliphatic heterocycles. The lowest BCUT2D eigenvalue weighted by molar-refractivity contribution is -0.161. The van der Waals surface area contributed by atoms with Gasteiger partial charge in [-0.15, -0.1) is 0 Å². The minimum Gasteiger partial charge on any atom is -0.462 e. The second-order valence-corrected chi connectivity index (χ2v) is 14.4. The fourth-order valence-corrected chi connectivity index (χ4v) is 5.25. The fourth-order valence-electron chi connectivity index (χ4n) is 4.46. The number of allylic oxidation sites excluding steroid dienone is 10. The molecule has 0 spiro atoms. The first-order chi connectivity index (χ1) is 25.0. The Morgan fingerprint density at radius 1 is 0.712 bits per heavy atom. The Balaban J connectivity index is 4.58. The quantitative estimate of drug-likeness (QED) is 0.0168. The minimum atomic E-state index is -4.65. The Labute approximate surface area is 312 Å². The van der Waals surface area contributed by atoms with Crippen LogP contribution in [0.1, 0.15) is 117 Å². The summed E-state index contributed by atoms with van der Waals surface area (Å²) in [5.41, 5.74) is 0. The standard InChI is InChI=1S/C40H67O11P/c1-4-5-6-7-8-9-10-11-12-13-14-18-22-27-36(42)28-23-20-25-29-39(44)48-33-38(34-50-52(46,47)49-32-37(43)31-41)51-40(45)30-24-19-16-15-17-21-26-35(2)3/h5-6,8-9,11-12,14,18,20,22-23,27,35-38,41-43H,4,7,10,13,15-17,19,21,24-26,28-34H2,1-3H3,(H,46,47)/b6-5-,9-8-,12-11-,18-14-,23-20-,27-22-/t36?,37-,38+/m0/s1. The van der Waals surface area contributed by atoms with Gasteiger partial charge in [-0.2, -0.15) is 0 Å². The van der Waals surface area contributed by atoms with Crippen LogP contribution in [-0.4, -0.2) is 76.9 Å². The van der Waals surface area contributed by atoms with Crippen LogP contribution in [0.3, 0.4) is 0 Å². The van der Waals surface area contributed by atoms with Gasteiger partial charge in [0.15, 0.2) is 6.10 Å². The summed E-state index contributed by atoms with van der Waals surface area (Å²) in [4.78, 5) is 34.7. The van der Waals surface area contributed by atoms with Gasteiger partial charge >= 0.3 is 19.8 Å². The zero-order valence-corrected chi connectivity index (χ0v) is 32.7. The number of aliphatic hydroxyl groups excluding tert-OH is 3. The van der Waals surface area contributed by atoms with Gasteiger partial charge in [-0.3, -0.25) is 18.6 Å². The SMILES string of the molecule is CC/C=C\C/C=C\C/C=C\C/C=C\C=C/C(O)C/C=C\CCC(=O)OC[C@H](COP(=O)(O)OC[C@@H](O)CO)OC(=O)CCCCCCCCC(C)C. The number of rotatable bonds is 33. The van der Waals surface area contributed by atoms with Gasteiger partial charge in [0, 0.05) is 12.8 Å². The van der Waals surface area contributed by atoms with Crippen LogP contribution in [0.5, 0.6) is 0 Å². The van der Waals surface area contributed by atoms with Crippen LogP contribution < -0.4 is 0 Å². The summed E-state index contributed by atoms with van der Waals surface area (Å²) < 4.78 is 32.4. The van der Waals surface area contributed by atoms with Crippen molar-refractivity contribution in [3.8, 4) is 0 Å². The summed E-state index contributed by atoms with van der Waals surface area (Å²) in [6.45, 7) is 4.22. The third kappa shape index (κ3) is 34.5. The normalized spacial score (nSPS) is 15.5. The number of ether oxygens (including phenoxy) is 2. The molecule has 0 aliphatic carbocycles. The maximum atomic E-state index is 12.5. The number of esters is 2. The molecule has 11 nitrogen and oxygen atoms in total. The molecular formula is C40H67O11P. The molecule has 0 heterocycles. The molecular weight excluding hydrogens is 687 g/mol. The average molecular weight is 755 g/mol. The average Bonchev–Trinajstić information content (AvgIpc) is 3.11. The van der Waals surface area contributed by atoms with Crippen molar-refractivity contribution in [3.05, 3.63) is 72.9 Å². The maximum absolute atomic E-state index is 12.5. The minimum absolute atomic E-state index is 0.0315. The monoisotopic (exact) mass is 754 g/mol. The topological polar surface area (TPSA) is 169 Å². The Morgan fingerprint density at radius 3 is 1.98 bits per heavy atom. The molecule has 0 aromatic heterocycles. The molecule has 2 unspecified atom stereocenters. The first kappa shape index (κ1) is 49.4. The summed E-state index contributed by atoms with van der Waals surface area (Å²) >= 11 is 0. The predicted molar refractivity (Wildman–Crippen MR) is 206 cm³/mol. The number of phosphoric ester groups is 1. The van der Waals surface area contributed by atoms with E-state index in [0.717, 1.165) is 51.4 Å². The lowest BCUT2D eigenvalue weighted by Crippen LogP contribution is -2.29. The Hall–Kier alpha value is -2.63. The molecule has 298 valence electrons. The molecule has 0 aromatic carbocycles. The molecule has 0 amide bonds. The van der Waals surface area contributed by atoms with E-state index >= 15 is 0 Å². The van der Waals surface area contributed by atoms with Gasteiger partial charge in [-0.25, -0.2) is 4.57 Å². The Morgan fingerprint density at radius 2 is 1.33 bits per heavy atom. The van der Waals surface area contributed by atoms with Gasteiger partial charge in [-0.1, -0.05) is 132 Å². The highest BCUT2D eigenvalue weighted by molar-refractivity contribution is 7.47. The van der Waals surface area contributed by atoms with Crippen LogP contribution in [0, 0.1) is 5.92 Å². The van der Waals surface area contributed by atoms with Gasteiger partial charge in [0.25, 0.3) is 0 Å². The van der Waals surface area contributed by atoms with E-state index in [1.54, 1.807) is 24.3 Å². The van der Waals surface area contributed by atoms with Crippen LogP contribution in [0.15, 0.2) is 72.9 Å². The van der Waals surface area contributed by atoms with E-state index in [4.69, 9.17) is 19.1 Å². The lowest BCUT2D eigenvalue weighted by atomic mass is 10.0. The van der Waals surface area contributed by atoms with Crippen LogP contribution >= 0.6 is 7.82 Å². The maximum Gasteiger partial charge on any atom is 0.472 e. The van der Waals surface area contributed by atoms with Gasteiger partial charge in [-0.05, 0) is 50.9 Å². The molecule has 0 fully saturated rings. The number of unbranched alkanes of at least 4 members (excludes halogenated alkanes) is 5. The number of carbonyl (C=O) groups excluding carboxylic acids is 2. The van der Waals surface area contributed by atoms with Crippen LogP contribution in [0.2, 0.25) is 0 Å². The molecule has 12 heteroatoms. The van der Waals surface area contributed by atoms with Crippen molar-refractivity contribution in [3.63, 3.8) is 0 Å². The molecule has 0 saturated carbocycles. The van der Waals surface area contributed by atoms with Crippen molar-refractivity contribution in [1.29, 1.82) is 0 Å². The highest BCUT2D eigenvalue weighted by Crippen LogP contribution is 2.43. The number of hydrogen-bond acceptors (Lipinski definition) is 10. The molecule has 4 atom stereocenters. The number of carbonyl (C=O) groups is 2. The van der Waals surface area contributed by atoms with Crippen LogP contribution in [-0.2, 0) is 32.7 Å². The van der Waals surface area contributed by atoms with E-state index in [2.05, 4.69) is 61.8 Å². The van der Waals surface area contributed by atoms with Gasteiger partial charge in [0.1, 0.15) is 12.7 Å². The molecule has 0 bridgehead atoms. The Bertz CT molecular complexity index is 1130. The summed E-state index contributed by atoms with van der Waals surface area (Å²) in [5.74, 6) is -0.425. The number of hydrogen-bond donors (Lipinski definition) is 4. The fraction of sp³-hybridized carbons (Fsp3) is 0.650. The summed E-state index contributed by atoms with van der Waals surface area (Å²) in [6, 6.07) is 0. The molecule has 0 rings (SSSR count). The van der Waals surface area contributed by atoms with E-state index in [0.29, 0.717) is 25.2 Å². The second-order valence-electron chi connectivity index (χ2n) is 12.9. The van der Waals surface area contributed by atoms with Gasteiger partial charge in [0.05, 0.1) is 25.9 Å². The lowest BCUT2D eigenvalue weighted by Gasteiger charge is -2.20. The van der Waals surface area contributed by atoms with Gasteiger partial charge < -0.3 is 29.7 Å². The zero-order chi connectivity index (χ0) is 38.7. The van der Waals surface area contributed by atoms with E-state index in [-0.39, 0.29) is 12.8 Å². The third-order valence-electron chi connectivity index (χ3n) is 7.40. The van der Waals surface area contributed by atoms with E-state index < -0.39 is 64.5 Å². The van der Waals surface area contributed by atoms with Crippen molar-refractivity contribution >= 4 is 19.8 Å². The smallest absolute Gasteiger partial charge is 0.462 e. The van der Waals surface area contributed by atoms with E-state index in [9.17, 15) is 29.3 Å². The van der Waals surface area contributed by atoms with E-state index in [1.807, 2.05) is 12.2 Å². The zero-order valence-electron chi connectivity index (χ0n) is 31.8. The predicted octanol–water partition coefficient (Wildman–Crippen LogP) is 8.15. The van der Waals surface area contributed by atoms with Crippen molar-refractivity contribution in [2.75, 3.05) is 26.4 Å². The summed E-state index contributed by atoms with van der Waals surface area (Å²) in [5, 5.41) is 28.4. The van der Waals surface area contributed by atoms with Crippen LogP contribution in [0.25, 0.3) is 0 Å². The summed E-state index contributed by atoms with van der Waals surface area (Å²) in [7, 11) is -4.65. The number of aliphatic hydroxyl groups is 3. The van der Waals surface area contributed by atoms with Gasteiger partial charge in [0.2, 0.25) is 0 Å². The van der Waals surface area contributed by atoms with Crippen LogP contribution in [0.4, 0.5) is 0 Å². The molecule has 0 aliphatic rings. The van der Waals surface area contributed by atoms with Crippen molar-refractivity contribution in [2.24, 2.45) is 5.92 Å². The highest BCUT2D eigenvalue weighted by Gasteiger charge is 2.27. The van der Waals surface area contributed by atoms with E-state index in [1.165, 1.54) is 12.8 Å². The molecule has 0 radical (unpaired) electrons. The summed E-state index contributed by atoms with van der Waals surface area (Å²) in [6.07, 6.45) is 32.3. The third-order valence-corrected chi connectivity index (χ3v) is 8.35. The second kappa shape index (κ2) is 34.2. The first-order valence-corrected chi connectivity index (χ1v) is 20.4.